The number of thioether (sulfide) groups is 1. The predicted octanol–water partition coefficient (Wildman–Crippen LogP) is 3.40. The number of aromatic nitrogens is 3. The summed E-state index contributed by atoms with van der Waals surface area (Å²) in [7, 11) is 0. The third-order valence-corrected chi connectivity index (χ3v) is 4.89. The van der Waals surface area contributed by atoms with Crippen molar-refractivity contribution in [2.24, 2.45) is 0 Å². The van der Waals surface area contributed by atoms with Crippen molar-refractivity contribution in [1.82, 2.24) is 15.2 Å². The van der Waals surface area contributed by atoms with E-state index in [1.165, 1.54) is 18.1 Å². The van der Waals surface area contributed by atoms with E-state index in [0.717, 1.165) is 16.8 Å². The molecule has 0 aliphatic heterocycles. The number of aryl methyl sites for hydroxylation is 1. The Labute approximate surface area is 161 Å². The molecule has 0 saturated heterocycles. The summed E-state index contributed by atoms with van der Waals surface area (Å²) in [4.78, 5) is 28.3. The van der Waals surface area contributed by atoms with Crippen molar-refractivity contribution in [3.05, 3.63) is 65.5 Å². The Balaban J connectivity index is 1.57. The van der Waals surface area contributed by atoms with Crippen LogP contribution < -0.4 is 10.6 Å². The SMILES string of the molecule is Cc1cccc(NC(=O)c2ccc(NC(=O)CSc3ncn[nH]3)cc2)c1C. The van der Waals surface area contributed by atoms with Crippen molar-refractivity contribution in [3.63, 3.8) is 0 Å². The average molecular weight is 381 g/mol. The molecule has 138 valence electrons. The minimum atomic E-state index is -0.192. The molecule has 2 aromatic carbocycles. The van der Waals surface area contributed by atoms with Gasteiger partial charge in [-0.1, -0.05) is 23.9 Å². The molecular formula is C19H19N5O2S. The highest BCUT2D eigenvalue weighted by Crippen LogP contribution is 2.19. The van der Waals surface area contributed by atoms with Crippen molar-refractivity contribution in [2.75, 3.05) is 16.4 Å². The van der Waals surface area contributed by atoms with E-state index in [1.807, 2.05) is 32.0 Å². The summed E-state index contributed by atoms with van der Waals surface area (Å²) in [5, 5.41) is 12.7. The monoisotopic (exact) mass is 381 g/mol. The van der Waals surface area contributed by atoms with Gasteiger partial charge >= 0.3 is 0 Å². The highest BCUT2D eigenvalue weighted by atomic mass is 32.2. The zero-order valence-electron chi connectivity index (χ0n) is 14.9. The maximum atomic E-state index is 12.4. The standard InChI is InChI=1S/C19H19N5O2S/c1-12-4-3-5-16(13(12)2)23-18(26)14-6-8-15(9-7-14)22-17(25)10-27-19-20-11-21-24-19/h3-9,11H,10H2,1-2H3,(H,22,25)(H,23,26)(H,20,21,24). The Morgan fingerprint density at radius 3 is 2.56 bits per heavy atom. The van der Waals surface area contributed by atoms with Gasteiger partial charge in [-0.3, -0.25) is 14.7 Å². The second-order valence-corrected chi connectivity index (χ2v) is 6.87. The van der Waals surface area contributed by atoms with Gasteiger partial charge in [0.25, 0.3) is 5.91 Å². The minimum absolute atomic E-state index is 0.163. The molecule has 0 bridgehead atoms. The molecule has 7 nitrogen and oxygen atoms in total. The number of hydrogen-bond donors (Lipinski definition) is 3. The molecule has 0 radical (unpaired) electrons. The fourth-order valence-electron chi connectivity index (χ4n) is 2.38. The van der Waals surface area contributed by atoms with E-state index in [2.05, 4.69) is 25.8 Å². The third kappa shape index (κ3) is 4.95. The number of anilines is 2. The first-order valence-corrected chi connectivity index (χ1v) is 9.27. The lowest BCUT2D eigenvalue weighted by molar-refractivity contribution is -0.113. The lowest BCUT2D eigenvalue weighted by atomic mass is 10.1. The van der Waals surface area contributed by atoms with Crippen LogP contribution in [-0.2, 0) is 4.79 Å². The summed E-state index contributed by atoms with van der Waals surface area (Å²) in [6.45, 7) is 3.98. The number of nitrogens with one attached hydrogen (secondary N) is 3. The first-order valence-electron chi connectivity index (χ1n) is 8.28. The second-order valence-electron chi connectivity index (χ2n) is 5.91. The molecule has 0 atom stereocenters. The van der Waals surface area contributed by atoms with E-state index in [1.54, 1.807) is 24.3 Å². The molecule has 1 heterocycles. The number of aromatic amines is 1. The quantitative estimate of drug-likeness (QED) is 0.568. The normalized spacial score (nSPS) is 10.4. The molecule has 2 amide bonds. The van der Waals surface area contributed by atoms with Gasteiger partial charge in [-0.2, -0.15) is 5.10 Å². The smallest absolute Gasteiger partial charge is 0.255 e. The third-order valence-electron chi connectivity index (χ3n) is 4.02. The summed E-state index contributed by atoms with van der Waals surface area (Å²) in [5.74, 6) is -0.143. The Morgan fingerprint density at radius 2 is 1.85 bits per heavy atom. The number of nitrogens with zero attached hydrogens (tertiary/aromatic N) is 2. The fourth-order valence-corrected chi connectivity index (χ4v) is 2.96. The Morgan fingerprint density at radius 1 is 1.07 bits per heavy atom. The van der Waals surface area contributed by atoms with Crippen LogP contribution >= 0.6 is 11.8 Å². The van der Waals surface area contributed by atoms with Gasteiger partial charge in [-0.15, -0.1) is 0 Å². The van der Waals surface area contributed by atoms with Crippen molar-refractivity contribution in [2.45, 2.75) is 19.0 Å². The summed E-state index contributed by atoms with van der Waals surface area (Å²) in [6, 6.07) is 12.6. The molecule has 0 fully saturated rings. The van der Waals surface area contributed by atoms with Crippen LogP contribution in [0, 0.1) is 13.8 Å². The molecule has 1 aromatic heterocycles. The van der Waals surface area contributed by atoms with E-state index >= 15 is 0 Å². The lowest BCUT2D eigenvalue weighted by Gasteiger charge is -2.11. The van der Waals surface area contributed by atoms with Crippen LogP contribution in [0.25, 0.3) is 0 Å². The molecule has 0 spiro atoms. The van der Waals surface area contributed by atoms with E-state index in [4.69, 9.17) is 0 Å². The molecule has 3 aromatic rings. The molecule has 0 saturated carbocycles. The molecule has 3 N–H and O–H groups in total. The first kappa shape index (κ1) is 18.7. The maximum Gasteiger partial charge on any atom is 0.255 e. The second kappa shape index (κ2) is 8.50. The Hall–Kier alpha value is -3.13. The van der Waals surface area contributed by atoms with Crippen molar-refractivity contribution in [1.29, 1.82) is 0 Å². The number of H-pyrrole nitrogens is 1. The highest BCUT2D eigenvalue weighted by Gasteiger charge is 2.10. The van der Waals surface area contributed by atoms with Crippen LogP contribution in [0.3, 0.4) is 0 Å². The van der Waals surface area contributed by atoms with Crippen LogP contribution in [0.2, 0.25) is 0 Å². The predicted molar refractivity (Wildman–Crippen MR) is 106 cm³/mol. The maximum absolute atomic E-state index is 12.4. The number of carbonyl (C=O) groups is 2. The van der Waals surface area contributed by atoms with E-state index in [9.17, 15) is 9.59 Å². The average Bonchev–Trinajstić information content (AvgIpc) is 3.18. The minimum Gasteiger partial charge on any atom is -0.325 e. The lowest BCUT2D eigenvalue weighted by Crippen LogP contribution is -2.15. The molecule has 3 rings (SSSR count). The number of carbonyl (C=O) groups excluding carboxylic acids is 2. The molecule has 0 aliphatic carbocycles. The van der Waals surface area contributed by atoms with Crippen molar-refractivity contribution >= 4 is 35.0 Å². The van der Waals surface area contributed by atoms with Crippen LogP contribution in [0.4, 0.5) is 11.4 Å². The van der Waals surface area contributed by atoms with Gasteiger partial charge in [0.15, 0.2) is 5.16 Å². The van der Waals surface area contributed by atoms with Gasteiger partial charge in [0.05, 0.1) is 5.75 Å². The van der Waals surface area contributed by atoms with Crippen LogP contribution in [0.15, 0.2) is 53.9 Å². The zero-order chi connectivity index (χ0) is 19.2. The Bertz CT molecular complexity index is 939. The summed E-state index contributed by atoms with van der Waals surface area (Å²) < 4.78 is 0. The van der Waals surface area contributed by atoms with Crippen LogP contribution in [0.1, 0.15) is 21.5 Å². The van der Waals surface area contributed by atoms with Gasteiger partial charge in [0.1, 0.15) is 6.33 Å². The molecule has 0 aliphatic rings. The number of benzene rings is 2. The number of rotatable bonds is 6. The topological polar surface area (TPSA) is 99.8 Å². The van der Waals surface area contributed by atoms with Gasteiger partial charge in [0, 0.05) is 16.9 Å². The van der Waals surface area contributed by atoms with E-state index in [0.29, 0.717) is 16.4 Å². The summed E-state index contributed by atoms with van der Waals surface area (Å²) >= 11 is 1.26. The van der Waals surface area contributed by atoms with Gasteiger partial charge in [-0.25, -0.2) is 4.98 Å². The largest absolute Gasteiger partial charge is 0.325 e. The molecule has 27 heavy (non-hydrogen) atoms. The fraction of sp³-hybridized carbons (Fsp3) is 0.158. The zero-order valence-corrected chi connectivity index (χ0v) is 15.8. The van der Waals surface area contributed by atoms with E-state index in [-0.39, 0.29) is 17.6 Å². The van der Waals surface area contributed by atoms with E-state index < -0.39 is 0 Å². The van der Waals surface area contributed by atoms with Gasteiger partial charge in [-0.05, 0) is 55.3 Å². The van der Waals surface area contributed by atoms with Crippen LogP contribution in [-0.4, -0.2) is 32.7 Å². The molecule has 0 unspecified atom stereocenters. The van der Waals surface area contributed by atoms with Crippen molar-refractivity contribution in [3.8, 4) is 0 Å². The molecular weight excluding hydrogens is 362 g/mol. The van der Waals surface area contributed by atoms with Gasteiger partial charge < -0.3 is 10.6 Å². The van der Waals surface area contributed by atoms with Crippen LogP contribution in [0.5, 0.6) is 0 Å². The van der Waals surface area contributed by atoms with Crippen molar-refractivity contribution < 1.29 is 9.59 Å². The Kier molecular flexibility index (Phi) is 5.87. The highest BCUT2D eigenvalue weighted by molar-refractivity contribution is 7.99. The summed E-state index contributed by atoms with van der Waals surface area (Å²) in [5.41, 5.74) is 4.10. The number of hydrogen-bond acceptors (Lipinski definition) is 5. The number of amides is 2. The molecule has 8 heteroatoms. The van der Waals surface area contributed by atoms with Gasteiger partial charge in [0.2, 0.25) is 5.91 Å². The first-order chi connectivity index (χ1) is 13.0. The summed E-state index contributed by atoms with van der Waals surface area (Å²) in [6.07, 6.45) is 1.39.